The molecule has 0 radical (unpaired) electrons. The maximum Gasteiger partial charge on any atom is 0.341 e. The first kappa shape index (κ1) is 11.5. The minimum atomic E-state index is -1.16. The van der Waals surface area contributed by atoms with E-state index in [4.69, 9.17) is 10.8 Å². The predicted molar refractivity (Wildman–Crippen MR) is 65.8 cm³/mol. The molecular weight excluding hydrogens is 232 g/mol. The number of hydrogen-bond donors (Lipinski definition) is 2. The maximum atomic E-state index is 12.2. The second-order valence-electron chi connectivity index (χ2n) is 5.17. The van der Waals surface area contributed by atoms with E-state index in [-0.39, 0.29) is 17.0 Å². The van der Waals surface area contributed by atoms with E-state index in [9.17, 15) is 9.59 Å². The average molecular weight is 248 g/mol. The van der Waals surface area contributed by atoms with Gasteiger partial charge in [-0.15, -0.1) is 0 Å². The van der Waals surface area contributed by atoms with Crippen molar-refractivity contribution in [3.63, 3.8) is 0 Å². The van der Waals surface area contributed by atoms with Gasteiger partial charge in [-0.1, -0.05) is 0 Å². The largest absolute Gasteiger partial charge is 0.477 e. The number of hydrogen-bond acceptors (Lipinski definition) is 3. The number of carboxylic acids is 1. The van der Waals surface area contributed by atoms with Crippen LogP contribution in [0.1, 0.15) is 59.4 Å². The SMILES string of the molecule is NC1CCCc2c1c(=O)c(C(=O)O)cn2C1CC1. The third kappa shape index (κ3) is 1.66. The van der Waals surface area contributed by atoms with Crippen molar-refractivity contribution < 1.29 is 9.90 Å². The van der Waals surface area contributed by atoms with E-state index >= 15 is 0 Å². The van der Waals surface area contributed by atoms with Gasteiger partial charge in [0.05, 0.1) is 0 Å². The Bertz CT molecular complexity index is 572. The highest BCUT2D eigenvalue weighted by Gasteiger charge is 2.32. The average Bonchev–Trinajstić information content (AvgIpc) is 3.13. The number of aromatic nitrogens is 1. The molecular formula is C13H16N2O3. The Kier molecular flexibility index (Phi) is 2.52. The number of aromatic carboxylic acids is 1. The standard InChI is InChI=1S/C13H16N2O3/c14-9-2-1-3-10-11(9)12(16)8(13(17)18)6-15(10)7-4-5-7/h6-7,9H,1-5,14H2,(H,17,18). The highest BCUT2D eigenvalue weighted by molar-refractivity contribution is 5.87. The molecule has 3 N–H and O–H groups in total. The number of fused-ring (bicyclic) bond motifs is 1. The van der Waals surface area contributed by atoms with Crippen molar-refractivity contribution in [3.05, 3.63) is 33.2 Å². The minimum absolute atomic E-state index is 0.141. The summed E-state index contributed by atoms with van der Waals surface area (Å²) in [5.74, 6) is -1.16. The Balaban J connectivity index is 2.28. The van der Waals surface area contributed by atoms with Gasteiger partial charge in [0.15, 0.2) is 0 Å². The van der Waals surface area contributed by atoms with Crippen molar-refractivity contribution in [2.45, 2.75) is 44.2 Å². The summed E-state index contributed by atoms with van der Waals surface area (Å²) in [6, 6.07) is 0.0494. The van der Waals surface area contributed by atoms with Crippen LogP contribution in [-0.2, 0) is 6.42 Å². The van der Waals surface area contributed by atoms with Gasteiger partial charge in [0.25, 0.3) is 0 Å². The molecule has 1 aromatic rings. The van der Waals surface area contributed by atoms with Gasteiger partial charge in [-0.25, -0.2) is 4.79 Å². The van der Waals surface area contributed by atoms with E-state index in [1.165, 1.54) is 6.20 Å². The van der Waals surface area contributed by atoms with Crippen LogP contribution in [-0.4, -0.2) is 15.6 Å². The molecule has 1 saturated carbocycles. The molecule has 0 saturated heterocycles. The van der Waals surface area contributed by atoms with Gasteiger partial charge in [0, 0.05) is 29.5 Å². The molecule has 18 heavy (non-hydrogen) atoms. The van der Waals surface area contributed by atoms with Gasteiger partial charge in [-0.2, -0.15) is 0 Å². The number of rotatable bonds is 2. The molecule has 5 nitrogen and oxygen atoms in total. The fraction of sp³-hybridized carbons (Fsp3) is 0.538. The van der Waals surface area contributed by atoms with E-state index in [2.05, 4.69) is 0 Å². The number of carbonyl (C=O) groups is 1. The summed E-state index contributed by atoms with van der Waals surface area (Å²) in [5.41, 5.74) is 6.97. The first-order chi connectivity index (χ1) is 8.59. The molecule has 96 valence electrons. The molecule has 3 rings (SSSR count). The van der Waals surface area contributed by atoms with Gasteiger partial charge >= 0.3 is 5.97 Å². The van der Waals surface area contributed by atoms with Gasteiger partial charge < -0.3 is 15.4 Å². The normalized spacial score (nSPS) is 22.6. The first-order valence-corrected chi connectivity index (χ1v) is 6.36. The molecule has 2 aliphatic carbocycles. The Morgan fingerprint density at radius 1 is 1.39 bits per heavy atom. The van der Waals surface area contributed by atoms with Gasteiger partial charge in [-0.3, -0.25) is 4.79 Å². The molecule has 5 heteroatoms. The highest BCUT2D eigenvalue weighted by Crippen LogP contribution is 2.38. The van der Waals surface area contributed by atoms with Crippen molar-refractivity contribution >= 4 is 5.97 Å². The lowest BCUT2D eigenvalue weighted by Gasteiger charge is -2.26. The molecule has 0 aliphatic heterocycles. The summed E-state index contributed by atoms with van der Waals surface area (Å²) < 4.78 is 1.99. The lowest BCUT2D eigenvalue weighted by atomic mass is 9.90. The molecule has 0 amide bonds. The highest BCUT2D eigenvalue weighted by atomic mass is 16.4. The topological polar surface area (TPSA) is 85.3 Å². The summed E-state index contributed by atoms with van der Waals surface area (Å²) in [4.78, 5) is 23.3. The third-order valence-electron chi connectivity index (χ3n) is 3.85. The van der Waals surface area contributed by atoms with Gasteiger partial charge in [0.2, 0.25) is 5.43 Å². The fourth-order valence-electron chi connectivity index (χ4n) is 2.80. The Labute approximate surface area is 104 Å². The molecule has 1 aromatic heterocycles. The molecule has 2 aliphatic rings. The van der Waals surface area contributed by atoms with Crippen LogP contribution >= 0.6 is 0 Å². The minimum Gasteiger partial charge on any atom is -0.477 e. The van der Waals surface area contributed by atoms with Crippen molar-refractivity contribution in [2.24, 2.45) is 5.73 Å². The number of nitrogens with zero attached hydrogens (tertiary/aromatic N) is 1. The number of nitrogens with two attached hydrogens (primary N) is 1. The van der Waals surface area contributed by atoms with E-state index in [0.717, 1.165) is 37.8 Å². The van der Waals surface area contributed by atoms with Crippen LogP contribution in [0.4, 0.5) is 0 Å². The quantitative estimate of drug-likeness (QED) is 0.824. The molecule has 1 fully saturated rings. The van der Waals surface area contributed by atoms with Gasteiger partial charge in [-0.05, 0) is 32.1 Å². The van der Waals surface area contributed by atoms with Crippen LogP contribution in [0.5, 0.6) is 0 Å². The number of pyridine rings is 1. The summed E-state index contributed by atoms with van der Waals surface area (Å²) in [7, 11) is 0. The van der Waals surface area contributed by atoms with E-state index < -0.39 is 5.97 Å². The smallest absolute Gasteiger partial charge is 0.341 e. The van der Waals surface area contributed by atoms with Gasteiger partial charge in [0.1, 0.15) is 5.56 Å². The summed E-state index contributed by atoms with van der Waals surface area (Å²) >= 11 is 0. The summed E-state index contributed by atoms with van der Waals surface area (Å²) in [6.45, 7) is 0. The van der Waals surface area contributed by atoms with E-state index in [1.807, 2.05) is 4.57 Å². The Morgan fingerprint density at radius 3 is 2.72 bits per heavy atom. The molecule has 1 atom stereocenters. The van der Waals surface area contributed by atoms with E-state index in [1.54, 1.807) is 0 Å². The zero-order valence-corrected chi connectivity index (χ0v) is 10.1. The summed E-state index contributed by atoms with van der Waals surface area (Å²) in [6.07, 6.45) is 6.18. The molecule has 1 unspecified atom stereocenters. The Hall–Kier alpha value is -1.62. The predicted octanol–water partition coefficient (Wildman–Crippen LogP) is 1.22. The second kappa shape index (κ2) is 3.95. The zero-order valence-electron chi connectivity index (χ0n) is 10.1. The van der Waals surface area contributed by atoms with Crippen molar-refractivity contribution in [2.75, 3.05) is 0 Å². The first-order valence-electron chi connectivity index (χ1n) is 6.36. The van der Waals surface area contributed by atoms with Crippen LogP contribution in [0.3, 0.4) is 0 Å². The van der Waals surface area contributed by atoms with Crippen LogP contribution in [0.25, 0.3) is 0 Å². The molecule has 0 bridgehead atoms. The zero-order chi connectivity index (χ0) is 12.9. The van der Waals surface area contributed by atoms with Crippen molar-refractivity contribution in [1.82, 2.24) is 4.57 Å². The third-order valence-corrected chi connectivity index (χ3v) is 3.85. The van der Waals surface area contributed by atoms with Crippen LogP contribution in [0.2, 0.25) is 0 Å². The lowest BCUT2D eigenvalue weighted by Crippen LogP contribution is -2.32. The fourth-order valence-corrected chi connectivity index (χ4v) is 2.80. The van der Waals surface area contributed by atoms with E-state index in [0.29, 0.717) is 11.6 Å². The summed E-state index contributed by atoms with van der Waals surface area (Å²) in [5, 5.41) is 9.13. The maximum absolute atomic E-state index is 12.2. The van der Waals surface area contributed by atoms with Crippen LogP contribution < -0.4 is 11.2 Å². The Morgan fingerprint density at radius 2 is 2.11 bits per heavy atom. The number of carboxylic acid groups (broad SMARTS) is 1. The van der Waals surface area contributed by atoms with Crippen molar-refractivity contribution in [3.8, 4) is 0 Å². The molecule has 0 spiro atoms. The second-order valence-corrected chi connectivity index (χ2v) is 5.17. The molecule has 0 aromatic carbocycles. The molecule has 1 heterocycles. The van der Waals surface area contributed by atoms with Crippen molar-refractivity contribution in [1.29, 1.82) is 0 Å². The van der Waals surface area contributed by atoms with Crippen LogP contribution in [0, 0.1) is 0 Å². The van der Waals surface area contributed by atoms with Crippen LogP contribution in [0.15, 0.2) is 11.0 Å². The monoisotopic (exact) mass is 248 g/mol. The lowest BCUT2D eigenvalue weighted by molar-refractivity contribution is 0.0694.